The Morgan fingerprint density at radius 3 is 2.09 bits per heavy atom. The summed E-state index contributed by atoms with van der Waals surface area (Å²) in [6.07, 6.45) is -4.37. The average Bonchev–Trinajstić information content (AvgIpc) is 3.14. The van der Waals surface area contributed by atoms with E-state index in [9.17, 15) is 25.2 Å². The molecular weight excluding hydrogens is 745 g/mol. The Balaban J connectivity index is 2.28. The van der Waals surface area contributed by atoms with Gasteiger partial charge < -0.3 is 58.6 Å². The summed E-state index contributed by atoms with van der Waals surface area (Å²) in [5.41, 5.74) is -3.27. The van der Waals surface area contributed by atoms with E-state index in [4.69, 9.17) is 33.3 Å². The number of aliphatic hydroxyl groups is 4. The second kappa shape index (κ2) is 20.5. The Kier molecular flexibility index (Phi) is 18.1. The molecule has 56 heavy (non-hydrogen) atoms. The van der Waals surface area contributed by atoms with Crippen LogP contribution in [0.4, 0.5) is 0 Å². The summed E-state index contributed by atoms with van der Waals surface area (Å²) in [6, 6.07) is -0.249. The van der Waals surface area contributed by atoms with Crippen LogP contribution in [-0.4, -0.2) is 155 Å². The number of ketones is 1. The molecule has 3 fully saturated rings. The molecule has 15 heteroatoms. The lowest BCUT2D eigenvalue weighted by atomic mass is 9.69. The fraction of sp³-hybridized carbons (Fsp3) is 0.951. The maximum Gasteiger partial charge on any atom is 0.185 e. The number of nitrogens with zero attached hydrogens (tertiary/aromatic N) is 2. The van der Waals surface area contributed by atoms with Gasteiger partial charge >= 0.3 is 0 Å². The third-order valence-electron chi connectivity index (χ3n) is 13.3. The number of ether oxygens (including phenoxy) is 6. The van der Waals surface area contributed by atoms with Crippen molar-refractivity contribution in [3.8, 4) is 0 Å². The fourth-order valence-corrected chi connectivity index (χ4v) is 9.51. The van der Waals surface area contributed by atoms with Crippen molar-refractivity contribution < 1.29 is 58.5 Å². The third kappa shape index (κ3) is 11.0. The molecule has 4 N–H and O–H groups in total. The molecule has 0 bridgehead atoms. The minimum absolute atomic E-state index is 0.0397. The van der Waals surface area contributed by atoms with E-state index in [0.717, 1.165) is 0 Å². The maximum absolute atomic E-state index is 14.6. The Morgan fingerprint density at radius 2 is 1.54 bits per heavy atom. The first kappa shape index (κ1) is 49.4. The predicted octanol–water partition coefficient (Wildman–Crippen LogP) is 4.23. The number of rotatable bonds is 11. The van der Waals surface area contributed by atoms with Crippen LogP contribution < -0.4 is 0 Å². The van der Waals surface area contributed by atoms with E-state index in [0.29, 0.717) is 25.0 Å². The molecule has 0 radical (unpaired) electrons. The van der Waals surface area contributed by atoms with Crippen molar-refractivity contribution in [2.75, 3.05) is 40.5 Å². The molecule has 18 atom stereocenters. The summed E-state index contributed by atoms with van der Waals surface area (Å²) in [6.45, 7) is 18.5. The summed E-state index contributed by atoms with van der Waals surface area (Å²) in [5, 5.41) is 51.3. The minimum Gasteiger partial charge on any atom is -0.389 e. The van der Waals surface area contributed by atoms with Crippen molar-refractivity contribution in [3.63, 3.8) is 0 Å². The molecule has 0 unspecified atom stereocenters. The number of methoxy groups -OCH3 is 2. The molecule has 2 aliphatic heterocycles. The number of aliphatic hydroxyl groups excluding tert-OH is 3. The van der Waals surface area contributed by atoms with Gasteiger partial charge in [0.05, 0.1) is 53.0 Å². The van der Waals surface area contributed by atoms with Gasteiger partial charge in [-0.15, -0.1) is 11.8 Å². The Labute approximate surface area is 340 Å². The normalized spacial score (nSPS) is 47.2. The SMILES string of the molecule is CC[C@H]1CC(=O)[C@H](C)[C@@H](O[C@H]2C[C@@](C)(OC)[C@@H](O)[C@H](C)O2)[C@H](C)[C@@H](O[C@@H]2O[C@H](C)C[C@H](N(C)C)[C@H]2O)[C@](C)(OC)C[C@@H](C)/C(=N\OCSC)[C@H](C)[C@@H](O)[C@]1(C)O. The molecule has 328 valence electrons. The summed E-state index contributed by atoms with van der Waals surface area (Å²) in [4.78, 5) is 22.3. The summed E-state index contributed by atoms with van der Waals surface area (Å²) in [5.74, 6) is -2.91. The first-order valence-electron chi connectivity index (χ1n) is 20.4. The lowest BCUT2D eigenvalue weighted by Gasteiger charge is -2.50. The van der Waals surface area contributed by atoms with Crippen LogP contribution in [0.15, 0.2) is 5.16 Å². The van der Waals surface area contributed by atoms with Gasteiger partial charge in [0.1, 0.15) is 18.0 Å². The molecule has 3 rings (SSSR count). The van der Waals surface area contributed by atoms with Crippen molar-refractivity contribution in [1.29, 1.82) is 0 Å². The van der Waals surface area contributed by atoms with E-state index in [1.165, 1.54) is 18.9 Å². The average molecular weight is 821 g/mol. The highest BCUT2D eigenvalue weighted by Gasteiger charge is 2.53. The molecule has 0 spiro atoms. The molecule has 2 saturated heterocycles. The molecule has 0 aromatic rings. The van der Waals surface area contributed by atoms with Crippen LogP contribution in [0.3, 0.4) is 0 Å². The largest absolute Gasteiger partial charge is 0.389 e. The van der Waals surface area contributed by atoms with Gasteiger partial charge in [-0.05, 0) is 73.7 Å². The highest BCUT2D eigenvalue weighted by molar-refractivity contribution is 7.98. The van der Waals surface area contributed by atoms with Crippen LogP contribution in [0.5, 0.6) is 0 Å². The highest BCUT2D eigenvalue weighted by atomic mass is 32.2. The Morgan fingerprint density at radius 1 is 0.911 bits per heavy atom. The van der Waals surface area contributed by atoms with Crippen LogP contribution in [0, 0.1) is 29.6 Å². The standard InChI is InChI=1S/C41H76N2O12S/c1-16-28-18-30(44)24(4)34(54-31-20-39(8,49-13)36(47)27(7)53-31)26(6)37(55-38-33(45)29(43(11)12)17-23(3)52-38)40(9,50-14)19-22(2)32(42-51-21-56-15)25(5)35(46)41(28,10)48/h22-29,31,33-38,45-48H,16-21H2,1-15H3/b42-32+/t22-,23-,24+,25+,26+,27+,28+,29+,31+,33-,34-,35-,36+,37-,38+,39-,40-,41-/m1/s1. The second-order valence-electron chi connectivity index (χ2n) is 17.7. The zero-order chi connectivity index (χ0) is 42.5. The zero-order valence-corrected chi connectivity index (χ0v) is 37.6. The molecule has 1 saturated carbocycles. The first-order chi connectivity index (χ1) is 26.0. The molecule has 2 heterocycles. The van der Waals surface area contributed by atoms with Crippen molar-refractivity contribution in [2.24, 2.45) is 34.7 Å². The van der Waals surface area contributed by atoms with Crippen molar-refractivity contribution in [1.82, 2.24) is 4.90 Å². The van der Waals surface area contributed by atoms with E-state index in [2.05, 4.69) is 5.16 Å². The van der Waals surface area contributed by atoms with Gasteiger partial charge in [-0.1, -0.05) is 46.2 Å². The number of hydrogen-bond acceptors (Lipinski definition) is 15. The van der Waals surface area contributed by atoms with Crippen LogP contribution in [-0.2, 0) is 38.1 Å². The molecule has 14 nitrogen and oxygen atoms in total. The van der Waals surface area contributed by atoms with E-state index in [-0.39, 0.29) is 42.6 Å². The highest BCUT2D eigenvalue weighted by Crippen LogP contribution is 2.43. The topological polar surface area (TPSA) is 178 Å². The maximum atomic E-state index is 14.6. The van der Waals surface area contributed by atoms with E-state index in [1.807, 2.05) is 66.8 Å². The Bertz CT molecular complexity index is 1280. The fourth-order valence-electron chi connectivity index (χ4n) is 9.35. The summed E-state index contributed by atoms with van der Waals surface area (Å²) in [7, 11) is 6.96. The second-order valence-corrected chi connectivity index (χ2v) is 18.5. The van der Waals surface area contributed by atoms with Crippen molar-refractivity contribution in [3.05, 3.63) is 0 Å². The number of hydrogen-bond donors (Lipinski definition) is 4. The smallest absolute Gasteiger partial charge is 0.185 e. The minimum atomic E-state index is -1.67. The predicted molar refractivity (Wildman–Crippen MR) is 216 cm³/mol. The van der Waals surface area contributed by atoms with Gasteiger partial charge in [0, 0.05) is 56.8 Å². The molecular formula is C41H76N2O12S. The van der Waals surface area contributed by atoms with Gasteiger partial charge in [0.25, 0.3) is 0 Å². The lowest BCUT2D eigenvalue weighted by Crippen LogP contribution is -2.61. The number of oxime groups is 1. The van der Waals surface area contributed by atoms with E-state index >= 15 is 0 Å². The molecule has 0 aromatic carbocycles. The number of likely N-dealkylation sites (N-methyl/N-ethyl adjacent to an activating group) is 1. The van der Waals surface area contributed by atoms with Crippen LogP contribution in [0.1, 0.15) is 101 Å². The van der Waals surface area contributed by atoms with Gasteiger partial charge in [-0.25, -0.2) is 0 Å². The lowest BCUT2D eigenvalue weighted by molar-refractivity contribution is -0.318. The van der Waals surface area contributed by atoms with Crippen molar-refractivity contribution >= 4 is 23.3 Å². The van der Waals surface area contributed by atoms with Crippen LogP contribution >= 0.6 is 11.8 Å². The number of carbonyl (C=O) groups excluding carboxylic acids is 1. The monoisotopic (exact) mass is 821 g/mol. The van der Waals surface area contributed by atoms with Crippen LogP contribution in [0.25, 0.3) is 0 Å². The molecule has 0 aromatic heterocycles. The molecule has 0 amide bonds. The van der Waals surface area contributed by atoms with E-state index < -0.39 is 89.7 Å². The Hall–Kier alpha value is -0.950. The molecule has 1 aliphatic carbocycles. The molecule has 3 aliphatic rings. The van der Waals surface area contributed by atoms with Gasteiger partial charge in [-0.3, -0.25) is 4.79 Å². The number of Topliss-reactive ketones (excluding diaryl/α,β-unsaturated/α-hetero) is 1. The first-order valence-corrected chi connectivity index (χ1v) is 21.8. The third-order valence-corrected chi connectivity index (χ3v) is 13.6. The van der Waals surface area contributed by atoms with Crippen molar-refractivity contribution in [2.45, 2.75) is 179 Å². The van der Waals surface area contributed by atoms with Gasteiger partial charge in [-0.2, -0.15) is 0 Å². The quantitative estimate of drug-likeness (QED) is 0.132. The van der Waals surface area contributed by atoms with E-state index in [1.54, 1.807) is 34.8 Å². The van der Waals surface area contributed by atoms with Gasteiger partial charge in [0.15, 0.2) is 18.5 Å². The van der Waals surface area contributed by atoms with Gasteiger partial charge in [0.2, 0.25) is 0 Å². The summed E-state index contributed by atoms with van der Waals surface area (Å²) >= 11 is 1.46. The summed E-state index contributed by atoms with van der Waals surface area (Å²) < 4.78 is 38.7. The number of carbonyl (C=O) groups is 1. The zero-order valence-electron chi connectivity index (χ0n) is 36.8. The van der Waals surface area contributed by atoms with Crippen LogP contribution in [0.2, 0.25) is 0 Å². The number of thioether (sulfide) groups is 1.